The van der Waals surface area contributed by atoms with Crippen LogP contribution in [0.1, 0.15) is 31.9 Å². The molecule has 0 aliphatic carbocycles. The molecular weight excluding hydrogens is 246 g/mol. The van der Waals surface area contributed by atoms with Crippen LogP contribution in [0.4, 0.5) is 5.69 Å². The number of para-hydroxylation sites is 1. The van der Waals surface area contributed by atoms with Gasteiger partial charge in [-0.2, -0.15) is 0 Å². The normalized spacial score (nSPS) is 22.1. The van der Waals surface area contributed by atoms with Crippen LogP contribution < -0.4 is 4.90 Å². The Hall–Kier alpha value is -1.80. The van der Waals surface area contributed by atoms with Crippen LogP contribution in [0.25, 0.3) is 0 Å². The molecule has 1 N–H and O–H groups in total. The molecule has 2 heteroatoms. The highest BCUT2D eigenvalue weighted by molar-refractivity contribution is 5.49. The van der Waals surface area contributed by atoms with Gasteiger partial charge in [-0.05, 0) is 30.5 Å². The topological polar surface area (TPSA) is 23.5 Å². The molecule has 0 bridgehead atoms. The molecule has 20 heavy (non-hydrogen) atoms. The van der Waals surface area contributed by atoms with E-state index in [9.17, 15) is 5.11 Å². The SMILES string of the molecule is C.OC1CCN(c2ccccc2)C(c2ccccc2)C1. The Morgan fingerprint density at radius 2 is 1.50 bits per heavy atom. The van der Waals surface area contributed by atoms with E-state index in [0.29, 0.717) is 0 Å². The molecule has 0 spiro atoms. The Labute approximate surface area is 121 Å². The largest absolute Gasteiger partial charge is 0.393 e. The first-order valence-corrected chi connectivity index (χ1v) is 6.89. The van der Waals surface area contributed by atoms with Gasteiger partial charge in [0.05, 0.1) is 12.1 Å². The van der Waals surface area contributed by atoms with Crippen LogP contribution in [0.15, 0.2) is 60.7 Å². The van der Waals surface area contributed by atoms with Gasteiger partial charge in [0.1, 0.15) is 0 Å². The van der Waals surface area contributed by atoms with Crippen molar-refractivity contribution in [2.75, 3.05) is 11.4 Å². The Morgan fingerprint density at radius 3 is 2.15 bits per heavy atom. The zero-order chi connectivity index (χ0) is 13.1. The second kappa shape index (κ2) is 6.58. The molecule has 2 unspecified atom stereocenters. The van der Waals surface area contributed by atoms with Gasteiger partial charge in [0.2, 0.25) is 0 Å². The predicted octanol–water partition coefficient (Wildman–Crippen LogP) is 4.03. The molecule has 0 radical (unpaired) electrons. The van der Waals surface area contributed by atoms with Gasteiger partial charge >= 0.3 is 0 Å². The predicted molar refractivity (Wildman–Crippen MR) is 84.9 cm³/mol. The molecule has 0 aromatic heterocycles. The van der Waals surface area contributed by atoms with Gasteiger partial charge in [-0.15, -0.1) is 0 Å². The van der Waals surface area contributed by atoms with Crippen LogP contribution >= 0.6 is 0 Å². The third-order valence-electron chi connectivity index (χ3n) is 3.85. The van der Waals surface area contributed by atoms with Crippen LogP contribution in [0.3, 0.4) is 0 Å². The van der Waals surface area contributed by atoms with E-state index in [2.05, 4.69) is 53.4 Å². The fraction of sp³-hybridized carbons (Fsp3) is 0.333. The van der Waals surface area contributed by atoms with Crippen molar-refractivity contribution in [3.05, 3.63) is 66.2 Å². The first kappa shape index (κ1) is 14.6. The summed E-state index contributed by atoms with van der Waals surface area (Å²) in [5.74, 6) is 0. The van der Waals surface area contributed by atoms with Crippen molar-refractivity contribution >= 4 is 5.69 Å². The monoisotopic (exact) mass is 269 g/mol. The summed E-state index contributed by atoms with van der Waals surface area (Å²) in [6.45, 7) is 0.907. The zero-order valence-corrected chi connectivity index (χ0v) is 10.9. The third-order valence-corrected chi connectivity index (χ3v) is 3.85. The number of hydrogen-bond donors (Lipinski definition) is 1. The number of aliphatic hydroxyl groups excluding tert-OH is 1. The van der Waals surface area contributed by atoms with Crippen molar-refractivity contribution in [3.63, 3.8) is 0 Å². The molecule has 1 heterocycles. The lowest BCUT2D eigenvalue weighted by atomic mass is 9.93. The molecule has 0 amide bonds. The summed E-state index contributed by atoms with van der Waals surface area (Å²) in [4.78, 5) is 2.40. The molecule has 1 aliphatic heterocycles. The Balaban J connectivity index is 0.00000147. The Bertz CT molecular complexity index is 511. The average molecular weight is 269 g/mol. The van der Waals surface area contributed by atoms with E-state index in [1.807, 2.05) is 12.1 Å². The summed E-state index contributed by atoms with van der Waals surface area (Å²) < 4.78 is 0. The molecular formula is C18H23NO. The number of benzene rings is 2. The van der Waals surface area contributed by atoms with Gasteiger partial charge < -0.3 is 10.0 Å². The second-order valence-electron chi connectivity index (χ2n) is 5.13. The summed E-state index contributed by atoms with van der Waals surface area (Å²) in [7, 11) is 0. The molecule has 2 aromatic carbocycles. The van der Waals surface area contributed by atoms with Crippen LogP contribution in [0, 0.1) is 0 Å². The van der Waals surface area contributed by atoms with Crippen molar-refractivity contribution in [1.82, 2.24) is 0 Å². The van der Waals surface area contributed by atoms with E-state index in [4.69, 9.17) is 0 Å². The number of nitrogens with zero attached hydrogens (tertiary/aromatic N) is 1. The number of hydrogen-bond acceptors (Lipinski definition) is 2. The highest BCUT2D eigenvalue weighted by atomic mass is 16.3. The van der Waals surface area contributed by atoms with Gasteiger partial charge in [0, 0.05) is 12.2 Å². The van der Waals surface area contributed by atoms with Crippen molar-refractivity contribution in [2.24, 2.45) is 0 Å². The van der Waals surface area contributed by atoms with Gasteiger partial charge in [-0.25, -0.2) is 0 Å². The van der Waals surface area contributed by atoms with Crippen LogP contribution in [0.2, 0.25) is 0 Å². The zero-order valence-electron chi connectivity index (χ0n) is 10.9. The van der Waals surface area contributed by atoms with E-state index in [0.717, 1.165) is 19.4 Å². The molecule has 1 saturated heterocycles. The lowest BCUT2D eigenvalue weighted by Crippen LogP contribution is -2.38. The van der Waals surface area contributed by atoms with Gasteiger partial charge in [-0.3, -0.25) is 0 Å². The number of rotatable bonds is 2. The summed E-state index contributed by atoms with van der Waals surface area (Å²) in [6, 6.07) is 21.2. The molecule has 1 fully saturated rings. The third kappa shape index (κ3) is 3.02. The molecule has 0 saturated carbocycles. The molecule has 2 aromatic rings. The van der Waals surface area contributed by atoms with Gasteiger partial charge in [-0.1, -0.05) is 56.0 Å². The maximum Gasteiger partial charge on any atom is 0.0580 e. The minimum Gasteiger partial charge on any atom is -0.393 e. The summed E-state index contributed by atoms with van der Waals surface area (Å²) >= 11 is 0. The minimum atomic E-state index is -0.190. The Morgan fingerprint density at radius 1 is 0.900 bits per heavy atom. The molecule has 3 rings (SSSR count). The maximum absolute atomic E-state index is 9.98. The molecule has 1 aliphatic rings. The quantitative estimate of drug-likeness (QED) is 0.890. The standard InChI is InChI=1S/C17H19NO.CH4/c19-16-11-12-18(15-9-5-2-6-10-15)17(13-16)14-7-3-1-4-8-14;/h1-10,16-17,19H,11-13H2;1H4. The fourth-order valence-electron chi connectivity index (χ4n) is 2.87. The van der Waals surface area contributed by atoms with E-state index in [1.165, 1.54) is 11.3 Å². The Kier molecular flexibility index (Phi) is 4.80. The fourth-order valence-corrected chi connectivity index (χ4v) is 2.87. The summed E-state index contributed by atoms with van der Waals surface area (Å²) in [5, 5.41) is 9.98. The van der Waals surface area contributed by atoms with E-state index in [1.54, 1.807) is 0 Å². The van der Waals surface area contributed by atoms with Crippen molar-refractivity contribution in [2.45, 2.75) is 32.4 Å². The van der Waals surface area contributed by atoms with Crippen LogP contribution in [-0.4, -0.2) is 17.8 Å². The number of aliphatic hydroxyl groups is 1. The van der Waals surface area contributed by atoms with Crippen LogP contribution in [0.5, 0.6) is 0 Å². The van der Waals surface area contributed by atoms with Gasteiger partial charge in [0.15, 0.2) is 0 Å². The first-order valence-electron chi connectivity index (χ1n) is 6.89. The number of piperidine rings is 1. The lowest BCUT2D eigenvalue weighted by Gasteiger charge is -2.40. The lowest BCUT2D eigenvalue weighted by molar-refractivity contribution is 0.128. The van der Waals surface area contributed by atoms with Crippen LogP contribution in [-0.2, 0) is 0 Å². The van der Waals surface area contributed by atoms with E-state index >= 15 is 0 Å². The smallest absolute Gasteiger partial charge is 0.0580 e. The molecule has 2 atom stereocenters. The first-order chi connectivity index (χ1) is 9.34. The van der Waals surface area contributed by atoms with Crippen molar-refractivity contribution in [3.8, 4) is 0 Å². The summed E-state index contributed by atoms with van der Waals surface area (Å²) in [5.41, 5.74) is 2.52. The van der Waals surface area contributed by atoms with E-state index in [-0.39, 0.29) is 19.6 Å². The van der Waals surface area contributed by atoms with Crippen molar-refractivity contribution < 1.29 is 5.11 Å². The summed E-state index contributed by atoms with van der Waals surface area (Å²) in [6.07, 6.45) is 1.46. The highest BCUT2D eigenvalue weighted by Crippen LogP contribution is 2.34. The molecule has 2 nitrogen and oxygen atoms in total. The maximum atomic E-state index is 9.98. The highest BCUT2D eigenvalue weighted by Gasteiger charge is 2.28. The van der Waals surface area contributed by atoms with Crippen molar-refractivity contribution in [1.29, 1.82) is 0 Å². The second-order valence-corrected chi connectivity index (χ2v) is 5.13. The number of anilines is 1. The average Bonchev–Trinajstić information content (AvgIpc) is 2.49. The van der Waals surface area contributed by atoms with E-state index < -0.39 is 0 Å². The van der Waals surface area contributed by atoms with Gasteiger partial charge in [0.25, 0.3) is 0 Å². The minimum absolute atomic E-state index is 0. The molecule has 106 valence electrons.